The zero-order chi connectivity index (χ0) is 24.0. The molecule has 32 heavy (non-hydrogen) atoms. The Morgan fingerprint density at radius 3 is 2.78 bits per heavy atom. The van der Waals surface area contributed by atoms with E-state index in [2.05, 4.69) is 20.9 Å². The maximum absolute atomic E-state index is 15.3. The quantitative estimate of drug-likeness (QED) is 0.141. The van der Waals surface area contributed by atoms with Crippen molar-refractivity contribution in [2.24, 2.45) is 7.05 Å². The first-order valence-electron chi connectivity index (χ1n) is 10.1. The zero-order valence-corrected chi connectivity index (χ0v) is 18.8. The Bertz CT molecular complexity index is 1140. The van der Waals surface area contributed by atoms with Crippen molar-refractivity contribution in [3.05, 3.63) is 63.6 Å². The van der Waals surface area contributed by atoms with Gasteiger partial charge in [-0.2, -0.15) is 4.48 Å². The Labute approximate surface area is 193 Å². The number of ketones is 1. The molecule has 0 aliphatic carbocycles. The SMILES string of the molecule is [2H]N(F)[B]CC(=O)OCCOCC(=O)c1cc2c(ncn2C)c(F)c1Cc1ccc(Br)cc1. The first-order chi connectivity index (χ1) is 15.8. The van der Waals surface area contributed by atoms with E-state index in [-0.39, 0.29) is 42.9 Å². The fourth-order valence-electron chi connectivity index (χ4n) is 3.12. The normalized spacial score (nSPS) is 11.6. The summed E-state index contributed by atoms with van der Waals surface area (Å²) < 4.78 is 46.7. The van der Waals surface area contributed by atoms with Gasteiger partial charge in [0.25, 0.3) is 13.4 Å². The molecule has 7 nitrogen and oxygen atoms in total. The molecule has 1 radical (unpaired) electrons. The van der Waals surface area contributed by atoms with E-state index in [1.807, 2.05) is 24.3 Å². The van der Waals surface area contributed by atoms with Gasteiger partial charge in [0.15, 0.2) is 11.6 Å². The largest absolute Gasteiger partial charge is 0.464 e. The molecule has 2 aromatic carbocycles. The van der Waals surface area contributed by atoms with E-state index in [1.165, 1.54) is 6.33 Å². The standard InChI is InChI=1S/C21H20BBrF2N3O4/c1-28-12-26-21-17(28)9-15(16(20(21)24)8-13-2-4-14(23)5-3-13)18(29)11-31-6-7-32-19(30)10-22-27-25/h2-5,9,12,27H,6-8,10-11H2,1H3/i27D. The zero-order valence-electron chi connectivity index (χ0n) is 18.2. The highest BCUT2D eigenvalue weighted by molar-refractivity contribution is 9.10. The molecule has 11 heteroatoms. The average molecular weight is 508 g/mol. The molecule has 1 aromatic heterocycles. The van der Waals surface area contributed by atoms with Gasteiger partial charge in [-0.05, 0) is 23.8 Å². The van der Waals surface area contributed by atoms with Crippen molar-refractivity contribution in [2.75, 3.05) is 19.8 Å². The molecular weight excluding hydrogens is 487 g/mol. The number of esters is 1. The van der Waals surface area contributed by atoms with Crippen LogP contribution in [0.2, 0.25) is 7.73 Å². The van der Waals surface area contributed by atoms with Gasteiger partial charge in [-0.15, -0.1) is 0 Å². The number of halogens is 3. The average Bonchev–Trinajstić information content (AvgIpc) is 3.16. The predicted molar refractivity (Wildman–Crippen MR) is 119 cm³/mol. The fourth-order valence-corrected chi connectivity index (χ4v) is 3.38. The number of ether oxygens (including phenoxy) is 2. The van der Waals surface area contributed by atoms with Crippen molar-refractivity contribution >= 4 is 46.1 Å². The molecule has 0 unspecified atom stereocenters. The number of aryl methyl sites for hydroxylation is 1. The van der Waals surface area contributed by atoms with Gasteiger partial charge in [-0.1, -0.05) is 28.1 Å². The van der Waals surface area contributed by atoms with Crippen molar-refractivity contribution in [2.45, 2.75) is 12.7 Å². The lowest BCUT2D eigenvalue weighted by Gasteiger charge is -2.12. The summed E-state index contributed by atoms with van der Waals surface area (Å²) in [5.74, 6) is -1.72. The molecule has 0 atom stereocenters. The van der Waals surface area contributed by atoms with E-state index in [1.54, 1.807) is 17.7 Å². The lowest BCUT2D eigenvalue weighted by Crippen LogP contribution is -2.19. The second kappa shape index (κ2) is 11.3. The van der Waals surface area contributed by atoms with Crippen LogP contribution in [0.1, 0.15) is 21.5 Å². The van der Waals surface area contributed by atoms with Crippen LogP contribution >= 0.6 is 15.9 Å². The smallest absolute Gasteiger partial charge is 0.299 e. The predicted octanol–water partition coefficient (Wildman–Crippen LogP) is 3.32. The lowest BCUT2D eigenvalue weighted by molar-refractivity contribution is -0.142. The van der Waals surface area contributed by atoms with Crippen LogP contribution in [0.3, 0.4) is 0 Å². The van der Waals surface area contributed by atoms with E-state index < -0.39 is 29.3 Å². The first-order valence-corrected chi connectivity index (χ1v) is 10.5. The number of nitrogens with zero attached hydrogens (tertiary/aromatic N) is 2. The number of carbonyl (C=O) groups excluding carboxylic acids is 2. The number of imidazole rings is 1. The van der Waals surface area contributed by atoms with Crippen LogP contribution in [-0.2, 0) is 27.7 Å². The molecule has 3 aromatic rings. The molecule has 0 saturated carbocycles. The van der Waals surface area contributed by atoms with Crippen molar-refractivity contribution < 1.29 is 29.3 Å². The number of carbonyl (C=O) groups is 2. The Balaban J connectivity index is 1.70. The summed E-state index contributed by atoms with van der Waals surface area (Å²) in [6.07, 6.45) is 1.28. The topological polar surface area (TPSA) is 82.4 Å². The highest BCUT2D eigenvalue weighted by Crippen LogP contribution is 2.27. The fraction of sp³-hybridized carbons (Fsp3) is 0.286. The lowest BCUT2D eigenvalue weighted by atomic mass is 9.92. The maximum Gasteiger partial charge on any atom is 0.299 e. The Kier molecular flexibility index (Phi) is 7.97. The number of fused-ring (bicyclic) bond motifs is 1. The number of nitrogens with one attached hydrogen (secondary N) is 1. The number of benzene rings is 2. The van der Waals surface area contributed by atoms with Crippen LogP contribution < -0.4 is 5.44 Å². The third kappa shape index (κ3) is 5.99. The van der Waals surface area contributed by atoms with Gasteiger partial charge in [0.2, 0.25) is 0 Å². The Morgan fingerprint density at radius 2 is 2.06 bits per heavy atom. The van der Waals surface area contributed by atoms with E-state index in [0.717, 1.165) is 10.0 Å². The van der Waals surface area contributed by atoms with Crippen LogP contribution in [0, 0.1) is 5.82 Å². The molecule has 1 N–H and O–H groups in total. The van der Waals surface area contributed by atoms with Crippen LogP contribution in [0.5, 0.6) is 0 Å². The highest BCUT2D eigenvalue weighted by atomic mass is 79.9. The molecule has 0 spiro atoms. The van der Waals surface area contributed by atoms with Gasteiger partial charge in [0.05, 0.1) is 18.5 Å². The van der Waals surface area contributed by atoms with Crippen LogP contribution in [0.15, 0.2) is 41.1 Å². The molecule has 0 fully saturated rings. The van der Waals surface area contributed by atoms with E-state index in [9.17, 15) is 14.1 Å². The third-order valence-electron chi connectivity index (χ3n) is 4.71. The number of hydrogen-bond acceptors (Lipinski definition) is 6. The third-order valence-corrected chi connectivity index (χ3v) is 5.24. The number of hydrogen-bond donors (Lipinski definition) is 1. The van der Waals surface area contributed by atoms with Crippen molar-refractivity contribution in [1.29, 1.82) is 0 Å². The van der Waals surface area contributed by atoms with Crippen molar-refractivity contribution in [3.63, 3.8) is 0 Å². The molecular formula is C21H20BBrF2N3O4. The number of aromatic nitrogens is 2. The summed E-state index contributed by atoms with van der Waals surface area (Å²) in [5, 5.41) is 0. The summed E-state index contributed by atoms with van der Waals surface area (Å²) in [7, 11) is 2.41. The molecule has 0 amide bonds. The summed E-state index contributed by atoms with van der Waals surface area (Å²) in [6, 6.07) is 8.96. The minimum absolute atomic E-state index is 0.0732. The van der Waals surface area contributed by atoms with E-state index >= 15 is 4.39 Å². The van der Waals surface area contributed by atoms with E-state index in [0.29, 0.717) is 12.9 Å². The Morgan fingerprint density at radius 1 is 1.31 bits per heavy atom. The van der Waals surface area contributed by atoms with Gasteiger partial charge in [-0.3, -0.25) is 9.59 Å². The van der Waals surface area contributed by atoms with Gasteiger partial charge >= 0.3 is 0 Å². The van der Waals surface area contributed by atoms with Crippen LogP contribution in [0.4, 0.5) is 8.87 Å². The Hall–Kier alpha value is -2.63. The monoisotopic (exact) mass is 507 g/mol. The molecule has 0 aliphatic rings. The molecule has 3 rings (SSSR count). The molecule has 167 valence electrons. The van der Waals surface area contributed by atoms with Crippen molar-refractivity contribution in [3.8, 4) is 0 Å². The molecule has 0 aliphatic heterocycles. The first kappa shape index (κ1) is 22.6. The van der Waals surface area contributed by atoms with Crippen LogP contribution in [0.25, 0.3) is 11.0 Å². The van der Waals surface area contributed by atoms with Crippen LogP contribution in [-0.4, -0.2) is 48.5 Å². The summed E-state index contributed by atoms with van der Waals surface area (Å²) in [5.41, 5.74) is 1.43. The highest BCUT2D eigenvalue weighted by Gasteiger charge is 2.21. The number of rotatable bonds is 11. The number of Topliss-reactive ketones (excluding diaryl/α,β-unsaturated/α-hetero) is 1. The van der Waals surface area contributed by atoms with Gasteiger partial charge in [0, 0.05) is 35.4 Å². The van der Waals surface area contributed by atoms with Crippen molar-refractivity contribution in [1.82, 2.24) is 15.0 Å². The maximum atomic E-state index is 15.3. The molecule has 0 saturated heterocycles. The second-order valence-corrected chi connectivity index (χ2v) is 7.84. The van der Waals surface area contributed by atoms with E-state index in [4.69, 9.17) is 10.9 Å². The van der Waals surface area contributed by atoms with Gasteiger partial charge in [-0.25, -0.2) is 14.8 Å². The minimum Gasteiger partial charge on any atom is -0.464 e. The molecule has 0 bridgehead atoms. The summed E-state index contributed by atoms with van der Waals surface area (Å²) in [4.78, 5) is 28.4. The summed E-state index contributed by atoms with van der Waals surface area (Å²) in [6.45, 7) is -0.563. The van der Waals surface area contributed by atoms with Gasteiger partial charge < -0.3 is 14.0 Å². The minimum atomic E-state index is -0.736. The molecule has 1 heterocycles. The second-order valence-electron chi connectivity index (χ2n) is 6.92. The summed E-state index contributed by atoms with van der Waals surface area (Å²) >= 11 is 3.37. The van der Waals surface area contributed by atoms with Gasteiger partial charge in [0.1, 0.15) is 20.1 Å².